The molecule has 0 bridgehead atoms. The van der Waals surface area contributed by atoms with Crippen molar-refractivity contribution in [3.8, 4) is 22.9 Å². The summed E-state index contributed by atoms with van der Waals surface area (Å²) in [6.45, 7) is 4.14. The quantitative estimate of drug-likeness (QED) is 0.150. The van der Waals surface area contributed by atoms with Crippen LogP contribution in [-0.2, 0) is 11.3 Å². The lowest BCUT2D eigenvalue weighted by atomic mass is 9.99. The number of aromatic nitrogens is 3. The third-order valence-corrected chi connectivity index (χ3v) is 9.99. The Balaban J connectivity index is 1.28. The highest BCUT2D eigenvalue weighted by Gasteiger charge is 2.36. The third kappa shape index (κ3) is 7.18. The second kappa shape index (κ2) is 15.0. The first kappa shape index (κ1) is 33.7. The number of thioether (sulfide) groups is 1. The zero-order chi connectivity index (χ0) is 34.5. The van der Waals surface area contributed by atoms with Crippen molar-refractivity contribution in [1.29, 1.82) is 0 Å². The molecule has 0 unspecified atom stereocenters. The van der Waals surface area contributed by atoms with Crippen molar-refractivity contribution in [2.24, 2.45) is 5.10 Å². The molecule has 3 heterocycles. The average Bonchev–Trinajstić information content (AvgIpc) is 3.91. The molecule has 252 valence electrons. The van der Waals surface area contributed by atoms with Crippen LogP contribution in [0.2, 0.25) is 0 Å². The van der Waals surface area contributed by atoms with Gasteiger partial charge in [0, 0.05) is 17.5 Å². The van der Waals surface area contributed by atoms with Crippen molar-refractivity contribution in [1.82, 2.24) is 25.1 Å². The Bertz CT molecular complexity index is 1990. The van der Waals surface area contributed by atoms with Gasteiger partial charge in [0.2, 0.25) is 0 Å². The average molecular weight is 697 g/mol. The smallest absolute Gasteiger partial charge is 0.253 e. The largest absolute Gasteiger partial charge is 0.497 e. The Hall–Kier alpha value is -5.14. The maximum Gasteiger partial charge on any atom is 0.253 e. The number of benzene rings is 3. The van der Waals surface area contributed by atoms with Crippen LogP contribution in [0.3, 0.4) is 0 Å². The van der Waals surface area contributed by atoms with Gasteiger partial charge >= 0.3 is 0 Å². The van der Waals surface area contributed by atoms with Crippen LogP contribution in [0.1, 0.15) is 50.2 Å². The summed E-state index contributed by atoms with van der Waals surface area (Å²) in [5, 5.41) is 20.8. The first-order valence-electron chi connectivity index (χ1n) is 15.5. The number of nitrogens with zero attached hydrogens (tertiary/aromatic N) is 5. The summed E-state index contributed by atoms with van der Waals surface area (Å²) in [4.78, 5) is 28.1. The highest BCUT2D eigenvalue weighted by molar-refractivity contribution is 7.99. The number of carbonyl (C=O) groups is 2. The molecule has 1 aliphatic heterocycles. The van der Waals surface area contributed by atoms with E-state index < -0.39 is 6.04 Å². The molecule has 11 nitrogen and oxygen atoms in total. The Morgan fingerprint density at radius 2 is 1.78 bits per heavy atom. The number of thiophene rings is 1. The van der Waals surface area contributed by atoms with E-state index >= 15 is 0 Å². The van der Waals surface area contributed by atoms with Crippen LogP contribution in [0.5, 0.6) is 17.2 Å². The maximum atomic E-state index is 14.1. The Labute approximate surface area is 292 Å². The SMILES string of the molecule is COc1ccc(C(=O)NCc2nnc(SCC(=O)N3N=C(c4cccs4)C[C@H]3c3cccc(OC)c3OC)n2-c2cc(C)ccc2C)cc1. The molecule has 5 aromatic rings. The van der Waals surface area contributed by atoms with Crippen LogP contribution >= 0.6 is 23.1 Å². The van der Waals surface area contributed by atoms with Crippen LogP contribution in [0, 0.1) is 13.8 Å². The van der Waals surface area contributed by atoms with E-state index in [4.69, 9.17) is 19.3 Å². The molecule has 0 saturated carbocycles. The number of aryl methyl sites for hydroxylation is 2. The van der Waals surface area contributed by atoms with E-state index in [9.17, 15) is 9.59 Å². The fourth-order valence-corrected chi connectivity index (χ4v) is 7.19. The van der Waals surface area contributed by atoms with Crippen molar-refractivity contribution in [2.45, 2.75) is 38.0 Å². The summed E-state index contributed by atoms with van der Waals surface area (Å²) in [5.41, 5.74) is 5.05. The zero-order valence-corrected chi connectivity index (χ0v) is 29.4. The molecule has 2 aromatic heterocycles. The first-order valence-corrected chi connectivity index (χ1v) is 17.4. The van der Waals surface area contributed by atoms with Gasteiger partial charge in [-0.05, 0) is 72.8 Å². The minimum Gasteiger partial charge on any atom is -0.497 e. The van der Waals surface area contributed by atoms with Crippen molar-refractivity contribution in [3.63, 3.8) is 0 Å². The lowest BCUT2D eigenvalue weighted by Crippen LogP contribution is -2.29. The number of amides is 2. The first-order chi connectivity index (χ1) is 23.8. The topological polar surface area (TPSA) is 120 Å². The van der Waals surface area contributed by atoms with Gasteiger partial charge in [-0.2, -0.15) is 5.10 Å². The van der Waals surface area contributed by atoms with Gasteiger partial charge in [0.25, 0.3) is 11.8 Å². The van der Waals surface area contributed by atoms with Crippen LogP contribution in [-0.4, -0.2) is 64.4 Å². The van der Waals surface area contributed by atoms with E-state index in [-0.39, 0.29) is 24.1 Å². The van der Waals surface area contributed by atoms with Crippen LogP contribution in [0.15, 0.2) is 88.4 Å². The summed E-state index contributed by atoms with van der Waals surface area (Å²) in [5.74, 6) is 1.94. The van der Waals surface area contributed by atoms with E-state index in [0.717, 1.165) is 33.0 Å². The summed E-state index contributed by atoms with van der Waals surface area (Å²) >= 11 is 2.85. The van der Waals surface area contributed by atoms with E-state index in [2.05, 4.69) is 15.5 Å². The Morgan fingerprint density at radius 3 is 2.49 bits per heavy atom. The van der Waals surface area contributed by atoms with Gasteiger partial charge in [-0.3, -0.25) is 14.2 Å². The number of hydrogen-bond acceptors (Lipinski definition) is 10. The number of ether oxygens (including phenoxy) is 3. The minimum atomic E-state index is -0.393. The van der Waals surface area contributed by atoms with Gasteiger partial charge in [-0.1, -0.05) is 42.1 Å². The summed E-state index contributed by atoms with van der Waals surface area (Å²) < 4.78 is 18.4. The number of hydrazone groups is 1. The zero-order valence-electron chi connectivity index (χ0n) is 27.8. The molecule has 0 saturated heterocycles. The molecule has 0 spiro atoms. The van der Waals surface area contributed by atoms with E-state index in [1.165, 1.54) is 11.8 Å². The van der Waals surface area contributed by atoms with E-state index in [1.54, 1.807) is 61.9 Å². The van der Waals surface area contributed by atoms with E-state index in [0.29, 0.717) is 40.2 Å². The van der Waals surface area contributed by atoms with Crippen LogP contribution < -0.4 is 19.5 Å². The predicted octanol–water partition coefficient (Wildman–Crippen LogP) is 6.37. The number of carbonyl (C=O) groups excluding carboxylic acids is 2. The summed E-state index contributed by atoms with van der Waals surface area (Å²) in [6.07, 6.45) is 0.525. The summed E-state index contributed by atoms with van der Waals surface area (Å²) in [6, 6.07) is 22.2. The molecule has 1 atom stereocenters. The van der Waals surface area contributed by atoms with Gasteiger partial charge in [0.1, 0.15) is 5.75 Å². The van der Waals surface area contributed by atoms with Gasteiger partial charge in [-0.25, -0.2) is 5.01 Å². The summed E-state index contributed by atoms with van der Waals surface area (Å²) in [7, 11) is 4.76. The molecular weight excluding hydrogens is 661 g/mol. The molecule has 0 aliphatic carbocycles. The third-order valence-electron chi connectivity index (χ3n) is 8.15. The Morgan fingerprint density at radius 1 is 0.959 bits per heavy atom. The standard InChI is InChI=1S/C36H36N6O5S2/c1-22-11-12-23(2)28(18-22)41-32(20-37-35(44)24-13-15-25(45-3)16-14-24)38-39-36(41)49-21-33(43)42-29(19-27(40-42)31-10-7-17-48-31)26-8-6-9-30(46-4)34(26)47-5/h6-18,29H,19-21H2,1-5H3,(H,37,44)/t29-/m0/s1. The molecule has 0 radical (unpaired) electrons. The highest BCUT2D eigenvalue weighted by atomic mass is 32.2. The molecule has 13 heteroatoms. The molecule has 1 N–H and O–H groups in total. The molecule has 3 aromatic carbocycles. The molecule has 0 fully saturated rings. The van der Waals surface area contributed by atoms with Crippen LogP contribution in [0.4, 0.5) is 0 Å². The second-order valence-corrected chi connectivity index (χ2v) is 13.2. The van der Waals surface area contributed by atoms with Gasteiger partial charge in [-0.15, -0.1) is 21.5 Å². The van der Waals surface area contributed by atoms with Crippen molar-refractivity contribution in [2.75, 3.05) is 27.1 Å². The maximum absolute atomic E-state index is 14.1. The molecule has 49 heavy (non-hydrogen) atoms. The lowest BCUT2D eigenvalue weighted by molar-refractivity contribution is -0.130. The molecular formula is C36H36N6O5S2. The molecule has 1 aliphatic rings. The molecule has 6 rings (SSSR count). The molecule has 2 amide bonds. The highest BCUT2D eigenvalue weighted by Crippen LogP contribution is 2.42. The number of methoxy groups -OCH3 is 3. The van der Waals surface area contributed by atoms with Crippen LogP contribution in [0.25, 0.3) is 5.69 Å². The van der Waals surface area contributed by atoms with Gasteiger partial charge in [0.15, 0.2) is 22.5 Å². The van der Waals surface area contributed by atoms with Gasteiger partial charge < -0.3 is 19.5 Å². The number of hydrogen-bond donors (Lipinski definition) is 1. The Kier molecular flexibility index (Phi) is 10.3. The minimum absolute atomic E-state index is 0.0468. The normalized spacial score (nSPS) is 14.0. The fourth-order valence-electron chi connectivity index (χ4n) is 5.66. The van der Waals surface area contributed by atoms with Crippen molar-refractivity contribution < 1.29 is 23.8 Å². The van der Waals surface area contributed by atoms with Crippen molar-refractivity contribution in [3.05, 3.63) is 111 Å². The lowest BCUT2D eigenvalue weighted by Gasteiger charge is -2.24. The number of nitrogens with one attached hydrogen (secondary N) is 1. The second-order valence-electron chi connectivity index (χ2n) is 11.3. The van der Waals surface area contributed by atoms with E-state index in [1.807, 2.05) is 72.3 Å². The fraction of sp³-hybridized carbons (Fsp3) is 0.250. The van der Waals surface area contributed by atoms with Crippen molar-refractivity contribution >= 4 is 40.6 Å². The number of para-hydroxylation sites is 1. The predicted molar refractivity (Wildman–Crippen MR) is 190 cm³/mol. The number of rotatable bonds is 12. The van der Waals surface area contributed by atoms with Gasteiger partial charge in [0.05, 0.1) is 55.9 Å². The monoisotopic (exact) mass is 696 g/mol.